The summed E-state index contributed by atoms with van der Waals surface area (Å²) in [5.41, 5.74) is 6.01. The molecular formula is C24H20Cl2N4O4. The van der Waals surface area contributed by atoms with Crippen LogP contribution in [-0.4, -0.2) is 21.6 Å². The number of nitrogens with one attached hydrogen (secondary N) is 2. The maximum absolute atomic E-state index is 12.7. The van der Waals surface area contributed by atoms with Crippen molar-refractivity contribution in [1.82, 2.24) is 20.6 Å². The van der Waals surface area contributed by atoms with Gasteiger partial charge < -0.3 is 9.15 Å². The molecule has 4 rings (SSSR count). The van der Waals surface area contributed by atoms with Crippen molar-refractivity contribution in [2.24, 2.45) is 0 Å². The van der Waals surface area contributed by atoms with Gasteiger partial charge >= 0.3 is 5.91 Å². The first-order valence-corrected chi connectivity index (χ1v) is 11.0. The lowest BCUT2D eigenvalue weighted by Crippen LogP contribution is -2.41. The molecule has 0 atom stereocenters. The molecule has 2 N–H and O–H groups in total. The summed E-state index contributed by atoms with van der Waals surface area (Å²) in [7, 11) is 0. The van der Waals surface area contributed by atoms with Crippen molar-refractivity contribution >= 4 is 35.0 Å². The molecule has 0 aliphatic heterocycles. The third-order valence-corrected chi connectivity index (χ3v) is 5.62. The van der Waals surface area contributed by atoms with E-state index >= 15 is 0 Å². The van der Waals surface area contributed by atoms with Crippen LogP contribution in [0.15, 0.2) is 71.1 Å². The van der Waals surface area contributed by atoms with E-state index in [1.165, 1.54) is 10.7 Å². The van der Waals surface area contributed by atoms with Gasteiger partial charge in [0, 0.05) is 5.02 Å². The predicted molar refractivity (Wildman–Crippen MR) is 127 cm³/mol. The van der Waals surface area contributed by atoms with Gasteiger partial charge in [-0.05, 0) is 42.8 Å². The minimum absolute atomic E-state index is 0.0178. The molecule has 0 bridgehead atoms. The van der Waals surface area contributed by atoms with E-state index in [1.807, 2.05) is 48.5 Å². The van der Waals surface area contributed by atoms with Crippen LogP contribution in [0.2, 0.25) is 10.2 Å². The maximum atomic E-state index is 12.7. The van der Waals surface area contributed by atoms with Gasteiger partial charge in [-0.1, -0.05) is 59.6 Å². The molecule has 8 nitrogen and oxygen atoms in total. The molecule has 2 aromatic carbocycles. The van der Waals surface area contributed by atoms with Crippen molar-refractivity contribution < 1.29 is 18.7 Å². The average molecular weight is 499 g/mol. The van der Waals surface area contributed by atoms with E-state index in [2.05, 4.69) is 16.0 Å². The summed E-state index contributed by atoms with van der Waals surface area (Å²) >= 11 is 12.6. The third kappa shape index (κ3) is 5.41. The Morgan fingerprint density at radius 3 is 2.44 bits per heavy atom. The molecule has 0 unspecified atom stereocenters. The summed E-state index contributed by atoms with van der Waals surface area (Å²) < 4.78 is 12.6. The molecule has 0 saturated heterocycles. The zero-order chi connectivity index (χ0) is 24.1. The zero-order valence-corrected chi connectivity index (χ0v) is 19.6. The Labute approximate surface area is 205 Å². The molecule has 2 amide bonds. The second kappa shape index (κ2) is 10.5. The molecule has 0 radical (unpaired) electrons. The number of amides is 2. The second-order valence-electron chi connectivity index (χ2n) is 7.28. The van der Waals surface area contributed by atoms with Crippen molar-refractivity contribution in [3.8, 4) is 5.75 Å². The first-order valence-electron chi connectivity index (χ1n) is 10.3. The van der Waals surface area contributed by atoms with E-state index in [9.17, 15) is 9.59 Å². The van der Waals surface area contributed by atoms with Crippen LogP contribution < -0.4 is 15.6 Å². The van der Waals surface area contributed by atoms with E-state index in [0.29, 0.717) is 28.8 Å². The Hall–Kier alpha value is -3.75. The van der Waals surface area contributed by atoms with Gasteiger partial charge in [-0.15, -0.1) is 0 Å². The SMILES string of the molecule is Cc1nn(Cc2ccccc2Cl)c(Cl)c1C(=O)NNC(=O)c1ccc(COc2ccccc2)o1. The molecule has 10 heteroatoms. The molecule has 34 heavy (non-hydrogen) atoms. The number of hydrazine groups is 1. The van der Waals surface area contributed by atoms with Gasteiger partial charge in [0.25, 0.3) is 5.91 Å². The van der Waals surface area contributed by atoms with E-state index in [0.717, 1.165) is 5.56 Å². The lowest BCUT2D eigenvalue weighted by molar-refractivity contribution is 0.0828. The number of para-hydroxylation sites is 1. The molecule has 0 fully saturated rings. The quantitative estimate of drug-likeness (QED) is 0.356. The van der Waals surface area contributed by atoms with Crippen LogP contribution in [0.1, 0.15) is 37.9 Å². The number of halogens is 2. The number of nitrogens with zero attached hydrogens (tertiary/aromatic N) is 2. The molecule has 174 valence electrons. The Morgan fingerprint density at radius 2 is 1.68 bits per heavy atom. The van der Waals surface area contributed by atoms with E-state index in [4.69, 9.17) is 32.4 Å². The molecule has 0 spiro atoms. The summed E-state index contributed by atoms with van der Waals surface area (Å²) in [5, 5.41) is 5.02. The number of carbonyl (C=O) groups excluding carboxylic acids is 2. The van der Waals surface area contributed by atoms with Crippen LogP contribution in [0.3, 0.4) is 0 Å². The van der Waals surface area contributed by atoms with Crippen molar-refractivity contribution in [2.75, 3.05) is 0 Å². The van der Waals surface area contributed by atoms with Crippen LogP contribution >= 0.6 is 23.2 Å². The van der Waals surface area contributed by atoms with Crippen LogP contribution in [0.25, 0.3) is 0 Å². The number of hydrogen-bond donors (Lipinski definition) is 2. The van der Waals surface area contributed by atoms with Crippen molar-refractivity contribution in [3.63, 3.8) is 0 Å². The maximum Gasteiger partial charge on any atom is 0.305 e. The molecular weight excluding hydrogens is 479 g/mol. The number of ether oxygens (including phenoxy) is 1. The Bertz CT molecular complexity index is 1320. The second-order valence-corrected chi connectivity index (χ2v) is 8.04. The van der Waals surface area contributed by atoms with E-state index < -0.39 is 11.8 Å². The molecule has 0 saturated carbocycles. The summed E-state index contributed by atoms with van der Waals surface area (Å²) in [6.07, 6.45) is 0. The smallest absolute Gasteiger partial charge is 0.305 e. The fraction of sp³-hybridized carbons (Fsp3) is 0.125. The highest BCUT2D eigenvalue weighted by Gasteiger charge is 2.22. The standard InChI is InChI=1S/C24H20Cl2N4O4/c1-15-21(22(26)30(29-15)13-16-7-5-6-10-19(16)25)24(32)28-27-23(31)20-12-11-18(34-20)14-33-17-8-3-2-4-9-17/h2-12H,13-14H2,1H3,(H,27,31)(H,28,32). The first kappa shape index (κ1) is 23.4. The Kier molecular flexibility index (Phi) is 7.20. The third-order valence-electron chi connectivity index (χ3n) is 4.87. The average Bonchev–Trinajstić information content (AvgIpc) is 3.42. The summed E-state index contributed by atoms with van der Waals surface area (Å²) in [4.78, 5) is 25.1. The number of benzene rings is 2. The Morgan fingerprint density at radius 1 is 0.971 bits per heavy atom. The number of rotatable bonds is 7. The van der Waals surface area contributed by atoms with Crippen LogP contribution in [-0.2, 0) is 13.2 Å². The summed E-state index contributed by atoms with van der Waals surface area (Å²) in [6.45, 7) is 2.10. The Balaban J connectivity index is 1.35. The number of carbonyl (C=O) groups is 2. The first-order chi connectivity index (χ1) is 16.4. The van der Waals surface area contributed by atoms with Crippen LogP contribution in [0.4, 0.5) is 0 Å². The summed E-state index contributed by atoms with van der Waals surface area (Å²) in [5.74, 6) is -0.0826. The molecule has 2 heterocycles. The number of furan rings is 1. The lowest BCUT2D eigenvalue weighted by atomic mass is 10.2. The van der Waals surface area contributed by atoms with Gasteiger partial charge in [-0.2, -0.15) is 5.10 Å². The molecule has 0 aliphatic carbocycles. The van der Waals surface area contributed by atoms with Gasteiger partial charge in [0.05, 0.1) is 12.2 Å². The largest absolute Gasteiger partial charge is 0.486 e. The fourth-order valence-electron chi connectivity index (χ4n) is 3.19. The molecule has 2 aromatic heterocycles. The number of aromatic nitrogens is 2. The molecule has 0 aliphatic rings. The zero-order valence-electron chi connectivity index (χ0n) is 18.0. The van der Waals surface area contributed by atoms with Crippen molar-refractivity contribution in [1.29, 1.82) is 0 Å². The monoisotopic (exact) mass is 498 g/mol. The highest BCUT2D eigenvalue weighted by Crippen LogP contribution is 2.23. The number of aryl methyl sites for hydroxylation is 1. The topological polar surface area (TPSA) is 98.4 Å². The normalized spacial score (nSPS) is 10.7. The van der Waals surface area contributed by atoms with Gasteiger partial charge in [-0.25, -0.2) is 4.68 Å². The van der Waals surface area contributed by atoms with Gasteiger partial charge in [-0.3, -0.25) is 20.4 Å². The lowest BCUT2D eigenvalue weighted by Gasteiger charge is -2.07. The van der Waals surface area contributed by atoms with E-state index in [-0.39, 0.29) is 23.1 Å². The number of hydrogen-bond acceptors (Lipinski definition) is 5. The highest BCUT2D eigenvalue weighted by atomic mass is 35.5. The predicted octanol–water partition coefficient (Wildman–Crippen LogP) is 4.79. The van der Waals surface area contributed by atoms with Crippen molar-refractivity contribution in [2.45, 2.75) is 20.1 Å². The summed E-state index contributed by atoms with van der Waals surface area (Å²) in [6, 6.07) is 19.6. The van der Waals surface area contributed by atoms with Gasteiger partial charge in [0.15, 0.2) is 5.76 Å². The highest BCUT2D eigenvalue weighted by molar-refractivity contribution is 6.33. The van der Waals surface area contributed by atoms with Crippen molar-refractivity contribution in [3.05, 3.63) is 105 Å². The van der Waals surface area contributed by atoms with Gasteiger partial charge in [0.2, 0.25) is 0 Å². The minimum Gasteiger partial charge on any atom is -0.486 e. The molecule has 4 aromatic rings. The fourth-order valence-corrected chi connectivity index (χ4v) is 3.71. The van der Waals surface area contributed by atoms with Crippen LogP contribution in [0, 0.1) is 6.92 Å². The van der Waals surface area contributed by atoms with Gasteiger partial charge in [0.1, 0.15) is 28.8 Å². The van der Waals surface area contributed by atoms with Crippen LogP contribution in [0.5, 0.6) is 5.75 Å². The minimum atomic E-state index is -0.628. The van der Waals surface area contributed by atoms with E-state index in [1.54, 1.807) is 19.1 Å².